The van der Waals surface area contributed by atoms with Crippen LogP contribution in [0.15, 0.2) is 0 Å². The first kappa shape index (κ1) is 16.1. The van der Waals surface area contributed by atoms with Crippen LogP contribution >= 0.6 is 0 Å². The number of hydrogen-bond acceptors (Lipinski definition) is 4. The minimum absolute atomic E-state index is 0.0427. The van der Waals surface area contributed by atoms with Crippen LogP contribution in [0.25, 0.3) is 0 Å². The zero-order valence-corrected chi connectivity index (χ0v) is 11.1. The van der Waals surface area contributed by atoms with Gasteiger partial charge in [-0.15, -0.1) is 0 Å². The Labute approximate surface area is 102 Å². The Hall–Kier alpha value is -0.940. The molecule has 0 aromatic carbocycles. The number of ether oxygens (including phenoxy) is 2. The zero-order chi connectivity index (χ0) is 13.6. The Balaban J connectivity index is 4.58. The van der Waals surface area contributed by atoms with E-state index >= 15 is 0 Å². The SMILES string of the molecule is CC(=O)C(CC(OC(C)C)OC(C)C)C(=O)O. The molecule has 0 spiro atoms. The van der Waals surface area contributed by atoms with Crippen molar-refractivity contribution in [2.24, 2.45) is 5.92 Å². The highest BCUT2D eigenvalue weighted by Crippen LogP contribution is 2.16. The summed E-state index contributed by atoms with van der Waals surface area (Å²) in [7, 11) is 0. The molecule has 5 nitrogen and oxygen atoms in total. The van der Waals surface area contributed by atoms with Crippen LogP contribution in [0.3, 0.4) is 0 Å². The van der Waals surface area contributed by atoms with Crippen LogP contribution in [0.1, 0.15) is 41.0 Å². The third-order valence-electron chi connectivity index (χ3n) is 2.06. The molecule has 0 aliphatic carbocycles. The summed E-state index contributed by atoms with van der Waals surface area (Å²) in [5.41, 5.74) is 0. The first-order chi connectivity index (χ1) is 7.73. The maximum Gasteiger partial charge on any atom is 0.314 e. The second-order valence-electron chi connectivity index (χ2n) is 4.54. The number of carboxylic acids is 1. The molecule has 0 radical (unpaired) electrons. The lowest BCUT2D eigenvalue weighted by molar-refractivity contribution is -0.193. The summed E-state index contributed by atoms with van der Waals surface area (Å²) in [5.74, 6) is -2.60. The number of carbonyl (C=O) groups excluding carboxylic acids is 1. The third kappa shape index (κ3) is 7.07. The van der Waals surface area contributed by atoms with Crippen molar-refractivity contribution in [3.63, 3.8) is 0 Å². The number of carboxylic acid groups (broad SMARTS) is 1. The van der Waals surface area contributed by atoms with Crippen LogP contribution in [-0.2, 0) is 19.1 Å². The van der Waals surface area contributed by atoms with E-state index in [9.17, 15) is 9.59 Å². The Morgan fingerprint density at radius 3 is 1.71 bits per heavy atom. The topological polar surface area (TPSA) is 72.8 Å². The van der Waals surface area contributed by atoms with E-state index in [2.05, 4.69) is 0 Å². The van der Waals surface area contributed by atoms with Gasteiger partial charge in [0.05, 0.1) is 12.2 Å². The van der Waals surface area contributed by atoms with Gasteiger partial charge >= 0.3 is 5.97 Å². The van der Waals surface area contributed by atoms with Crippen LogP contribution in [0.4, 0.5) is 0 Å². The number of carbonyl (C=O) groups is 2. The molecule has 1 unspecified atom stereocenters. The minimum Gasteiger partial charge on any atom is -0.481 e. The van der Waals surface area contributed by atoms with Crippen LogP contribution in [-0.4, -0.2) is 35.4 Å². The highest BCUT2D eigenvalue weighted by Gasteiger charge is 2.28. The van der Waals surface area contributed by atoms with Crippen LogP contribution in [0, 0.1) is 5.92 Å². The van der Waals surface area contributed by atoms with E-state index < -0.39 is 18.2 Å². The first-order valence-electron chi connectivity index (χ1n) is 5.78. The van der Waals surface area contributed by atoms with Crippen molar-refractivity contribution in [3.8, 4) is 0 Å². The van der Waals surface area contributed by atoms with Crippen LogP contribution < -0.4 is 0 Å². The number of rotatable bonds is 8. The number of hydrogen-bond donors (Lipinski definition) is 1. The Kier molecular flexibility index (Phi) is 6.99. The average Bonchev–Trinajstić information content (AvgIpc) is 2.10. The Morgan fingerprint density at radius 2 is 1.47 bits per heavy atom. The van der Waals surface area contributed by atoms with Gasteiger partial charge in [0.25, 0.3) is 0 Å². The number of aliphatic carboxylic acids is 1. The molecule has 0 aromatic heterocycles. The first-order valence-corrected chi connectivity index (χ1v) is 5.78. The molecular weight excluding hydrogens is 224 g/mol. The average molecular weight is 246 g/mol. The standard InChI is InChI=1S/C12H22O5/c1-7(2)16-11(17-8(3)4)6-10(9(5)13)12(14)15/h7-8,10-11H,6H2,1-5H3,(H,14,15). The number of Topliss-reactive ketones (excluding diaryl/α,β-unsaturated/α-hetero) is 1. The summed E-state index contributed by atoms with van der Waals surface area (Å²) in [6.45, 7) is 8.60. The summed E-state index contributed by atoms with van der Waals surface area (Å²) >= 11 is 0. The molecule has 0 bridgehead atoms. The monoisotopic (exact) mass is 246 g/mol. The van der Waals surface area contributed by atoms with Crippen LogP contribution in [0.5, 0.6) is 0 Å². The predicted molar refractivity (Wildman–Crippen MR) is 62.7 cm³/mol. The molecule has 17 heavy (non-hydrogen) atoms. The molecule has 5 heteroatoms. The molecule has 0 aliphatic rings. The highest BCUT2D eigenvalue weighted by atomic mass is 16.7. The van der Waals surface area contributed by atoms with E-state index in [4.69, 9.17) is 14.6 Å². The van der Waals surface area contributed by atoms with E-state index in [1.165, 1.54) is 6.92 Å². The Bertz CT molecular complexity index is 236. The fourth-order valence-electron chi connectivity index (χ4n) is 1.38. The van der Waals surface area contributed by atoms with Gasteiger partial charge < -0.3 is 14.6 Å². The molecule has 0 rings (SSSR count). The summed E-state index contributed by atoms with van der Waals surface area (Å²) in [4.78, 5) is 22.1. The van der Waals surface area contributed by atoms with Gasteiger partial charge in [-0.25, -0.2) is 0 Å². The molecule has 0 heterocycles. The smallest absolute Gasteiger partial charge is 0.314 e. The van der Waals surface area contributed by atoms with Gasteiger partial charge in [-0.05, 0) is 34.6 Å². The Morgan fingerprint density at radius 1 is 1.06 bits per heavy atom. The van der Waals surface area contributed by atoms with Crippen molar-refractivity contribution < 1.29 is 24.2 Å². The van der Waals surface area contributed by atoms with Gasteiger partial charge in [0.2, 0.25) is 0 Å². The molecule has 0 amide bonds. The summed E-state index contributed by atoms with van der Waals surface area (Å²) in [5, 5.41) is 8.93. The van der Waals surface area contributed by atoms with Crippen molar-refractivity contribution in [2.75, 3.05) is 0 Å². The minimum atomic E-state index is -1.14. The van der Waals surface area contributed by atoms with Crippen molar-refractivity contribution in [2.45, 2.75) is 59.5 Å². The lowest BCUT2D eigenvalue weighted by atomic mass is 10.0. The van der Waals surface area contributed by atoms with E-state index in [0.717, 1.165) is 0 Å². The maximum absolute atomic E-state index is 11.2. The maximum atomic E-state index is 11.2. The normalized spacial score (nSPS) is 13.4. The van der Waals surface area contributed by atoms with Gasteiger partial charge in [0, 0.05) is 6.42 Å². The van der Waals surface area contributed by atoms with E-state index in [-0.39, 0.29) is 24.4 Å². The van der Waals surface area contributed by atoms with Crippen molar-refractivity contribution >= 4 is 11.8 Å². The summed E-state index contributed by atoms with van der Waals surface area (Å²) < 4.78 is 10.9. The second-order valence-corrected chi connectivity index (χ2v) is 4.54. The fourth-order valence-corrected chi connectivity index (χ4v) is 1.38. The quantitative estimate of drug-likeness (QED) is 0.522. The molecular formula is C12H22O5. The van der Waals surface area contributed by atoms with Gasteiger partial charge in [-0.2, -0.15) is 0 Å². The molecule has 0 aliphatic heterocycles. The van der Waals surface area contributed by atoms with E-state index in [1.54, 1.807) is 0 Å². The van der Waals surface area contributed by atoms with E-state index in [1.807, 2.05) is 27.7 Å². The van der Waals surface area contributed by atoms with Crippen molar-refractivity contribution in [1.29, 1.82) is 0 Å². The second kappa shape index (κ2) is 7.40. The molecule has 0 saturated heterocycles. The van der Waals surface area contributed by atoms with Gasteiger partial charge in [-0.1, -0.05) is 0 Å². The molecule has 1 atom stereocenters. The summed E-state index contributed by atoms with van der Waals surface area (Å²) in [6, 6.07) is 0. The third-order valence-corrected chi connectivity index (χ3v) is 2.06. The lowest BCUT2D eigenvalue weighted by Crippen LogP contribution is -2.32. The van der Waals surface area contributed by atoms with E-state index in [0.29, 0.717) is 0 Å². The van der Waals surface area contributed by atoms with Crippen molar-refractivity contribution in [1.82, 2.24) is 0 Å². The molecule has 0 aromatic rings. The predicted octanol–water partition coefficient (Wildman–Crippen LogP) is 1.84. The lowest BCUT2D eigenvalue weighted by Gasteiger charge is -2.24. The number of ketones is 1. The summed E-state index contributed by atoms with van der Waals surface area (Å²) in [6.07, 6.45) is -0.790. The molecule has 100 valence electrons. The molecule has 1 N–H and O–H groups in total. The van der Waals surface area contributed by atoms with Crippen molar-refractivity contribution in [3.05, 3.63) is 0 Å². The molecule has 0 fully saturated rings. The highest BCUT2D eigenvalue weighted by molar-refractivity contribution is 5.96. The van der Waals surface area contributed by atoms with Crippen LogP contribution in [0.2, 0.25) is 0 Å². The molecule has 0 saturated carbocycles. The van der Waals surface area contributed by atoms with Gasteiger partial charge in [0.1, 0.15) is 11.7 Å². The largest absolute Gasteiger partial charge is 0.481 e. The van der Waals surface area contributed by atoms with Gasteiger partial charge in [0.15, 0.2) is 6.29 Å². The van der Waals surface area contributed by atoms with Gasteiger partial charge in [-0.3, -0.25) is 9.59 Å². The fraction of sp³-hybridized carbons (Fsp3) is 0.833. The zero-order valence-electron chi connectivity index (χ0n) is 11.1.